The zero-order valence-corrected chi connectivity index (χ0v) is 29.3. The lowest BCUT2D eigenvalue weighted by Gasteiger charge is -2.41. The van der Waals surface area contributed by atoms with Gasteiger partial charge in [-0.1, -0.05) is 140 Å². The minimum absolute atomic E-state index is 0.480. The number of hydrogen-bond donors (Lipinski definition) is 0. The Morgan fingerprint density at radius 1 is 0.481 bits per heavy atom. The lowest BCUT2D eigenvalue weighted by atomic mass is 9.60. The number of para-hydroxylation sites is 1. The summed E-state index contributed by atoms with van der Waals surface area (Å²) in [4.78, 5) is 15.5. The van der Waals surface area contributed by atoms with Crippen LogP contribution in [0.3, 0.4) is 0 Å². The lowest BCUT2D eigenvalue weighted by molar-refractivity contribution is 0.669. The Labute approximate surface area is 311 Å². The molecule has 7 aromatic carbocycles. The second kappa shape index (κ2) is 11.0. The first-order valence-corrected chi connectivity index (χ1v) is 18.7. The molecule has 2 heterocycles. The zero-order chi connectivity index (χ0) is 35.4. The molecule has 4 heteroatoms. The van der Waals surface area contributed by atoms with Crippen molar-refractivity contribution in [3.8, 4) is 45.3 Å². The fourth-order valence-electron chi connectivity index (χ4n) is 9.56. The number of benzene rings is 7. The number of aromatic nitrogens is 3. The van der Waals surface area contributed by atoms with E-state index in [1.807, 2.05) is 36.4 Å². The quantitative estimate of drug-likeness (QED) is 0.185. The average molecular weight is 690 g/mol. The first-order chi connectivity index (χ1) is 26.8. The number of fused-ring (bicyclic) bond motifs is 11. The minimum Gasteiger partial charge on any atom is -0.456 e. The Kier molecular flexibility index (Phi) is 6.07. The molecule has 9 aromatic rings. The maximum absolute atomic E-state index is 6.30. The van der Waals surface area contributed by atoms with Gasteiger partial charge in [0, 0.05) is 27.5 Å². The second-order valence-corrected chi connectivity index (χ2v) is 14.6. The maximum Gasteiger partial charge on any atom is 0.164 e. The van der Waals surface area contributed by atoms with E-state index in [1.165, 1.54) is 55.3 Å². The molecule has 3 aliphatic rings. The number of hydrogen-bond acceptors (Lipinski definition) is 4. The van der Waals surface area contributed by atoms with Crippen LogP contribution in [0.5, 0.6) is 0 Å². The van der Waals surface area contributed by atoms with E-state index in [4.69, 9.17) is 19.4 Å². The van der Waals surface area contributed by atoms with Crippen molar-refractivity contribution in [3.05, 3.63) is 192 Å². The second-order valence-electron chi connectivity index (χ2n) is 14.6. The smallest absolute Gasteiger partial charge is 0.164 e. The summed E-state index contributed by atoms with van der Waals surface area (Å²) < 4.78 is 6.30. The summed E-state index contributed by atoms with van der Waals surface area (Å²) in [5.74, 6) is 1.89. The van der Waals surface area contributed by atoms with Gasteiger partial charge in [-0.15, -0.1) is 0 Å². The van der Waals surface area contributed by atoms with Crippen molar-refractivity contribution >= 4 is 38.3 Å². The van der Waals surface area contributed by atoms with Crippen LogP contribution in [0.25, 0.3) is 83.6 Å². The van der Waals surface area contributed by atoms with Crippen molar-refractivity contribution in [1.82, 2.24) is 15.0 Å². The van der Waals surface area contributed by atoms with Crippen molar-refractivity contribution in [2.24, 2.45) is 0 Å². The van der Waals surface area contributed by atoms with Gasteiger partial charge in [-0.05, 0) is 92.4 Å². The Morgan fingerprint density at radius 3 is 2.06 bits per heavy atom. The molecule has 0 aliphatic heterocycles. The summed E-state index contributed by atoms with van der Waals surface area (Å²) >= 11 is 0. The van der Waals surface area contributed by atoms with Crippen molar-refractivity contribution in [2.45, 2.75) is 18.3 Å². The van der Waals surface area contributed by atoms with Crippen LogP contribution < -0.4 is 0 Å². The van der Waals surface area contributed by atoms with E-state index in [-0.39, 0.29) is 0 Å². The number of furan rings is 1. The largest absolute Gasteiger partial charge is 0.456 e. The predicted molar refractivity (Wildman–Crippen MR) is 218 cm³/mol. The Morgan fingerprint density at radius 2 is 1.17 bits per heavy atom. The van der Waals surface area contributed by atoms with E-state index < -0.39 is 5.41 Å². The molecule has 0 N–H and O–H groups in total. The SMILES string of the molecule is C1=CC2=C(CC1)c1ccc(-c3nc(-c4ccccc4)nc(-c4ccc5c(c4)oc4ccccc45)n3)cc1C21c2ccccc2-c2cccc3cccc1c23. The monoisotopic (exact) mass is 689 g/mol. The highest BCUT2D eigenvalue weighted by Gasteiger charge is 2.51. The molecule has 12 rings (SSSR count). The van der Waals surface area contributed by atoms with Gasteiger partial charge in [0.1, 0.15) is 11.2 Å². The highest BCUT2D eigenvalue weighted by molar-refractivity contribution is 6.08. The molecule has 0 fully saturated rings. The van der Waals surface area contributed by atoms with Crippen molar-refractivity contribution < 1.29 is 4.42 Å². The summed E-state index contributed by atoms with van der Waals surface area (Å²) in [6, 6.07) is 54.1. The van der Waals surface area contributed by atoms with Gasteiger partial charge in [-0.25, -0.2) is 15.0 Å². The van der Waals surface area contributed by atoms with E-state index in [1.54, 1.807) is 0 Å². The van der Waals surface area contributed by atoms with Gasteiger partial charge in [-0.3, -0.25) is 0 Å². The highest BCUT2D eigenvalue weighted by Crippen LogP contribution is 2.62. The molecule has 2 aromatic heterocycles. The van der Waals surface area contributed by atoms with Gasteiger partial charge in [0.15, 0.2) is 17.5 Å². The number of allylic oxidation sites excluding steroid dienone is 4. The summed E-state index contributed by atoms with van der Waals surface area (Å²) in [5, 5.41) is 4.77. The first kappa shape index (κ1) is 29.6. The van der Waals surface area contributed by atoms with Crippen molar-refractivity contribution in [3.63, 3.8) is 0 Å². The van der Waals surface area contributed by atoms with Crippen LogP contribution in [0.15, 0.2) is 174 Å². The molecular weight excluding hydrogens is 659 g/mol. The maximum atomic E-state index is 6.30. The standard InChI is InChI=1S/C50H31N3O/c1-2-12-31(13-3-1)47-51-48(53-49(52-47)33-25-27-38-37-18-6-9-23-44(37)54-45(38)29-33)32-24-26-36-34-16-4-7-20-40(34)50(43(36)28-32)41-21-8-5-17-35(41)39-19-10-14-30-15-11-22-42(50)46(30)39/h1-3,5-15,17-29H,4,16H2. The van der Waals surface area contributed by atoms with Crippen LogP contribution >= 0.6 is 0 Å². The van der Waals surface area contributed by atoms with Gasteiger partial charge >= 0.3 is 0 Å². The summed E-state index contributed by atoms with van der Waals surface area (Å²) in [6.45, 7) is 0. The topological polar surface area (TPSA) is 51.8 Å². The van der Waals surface area contributed by atoms with Gasteiger partial charge in [0.05, 0.1) is 5.41 Å². The molecule has 0 saturated carbocycles. The molecule has 1 spiro atoms. The van der Waals surface area contributed by atoms with Crippen LogP contribution in [0, 0.1) is 0 Å². The molecule has 1 atom stereocenters. The molecule has 1 unspecified atom stereocenters. The summed E-state index contributed by atoms with van der Waals surface area (Å²) in [5.41, 5.74) is 14.7. The third-order valence-electron chi connectivity index (χ3n) is 11.8. The molecule has 252 valence electrons. The van der Waals surface area contributed by atoms with Crippen LogP contribution in [0.4, 0.5) is 0 Å². The van der Waals surface area contributed by atoms with E-state index in [0.29, 0.717) is 17.5 Å². The van der Waals surface area contributed by atoms with Crippen molar-refractivity contribution in [2.75, 3.05) is 0 Å². The normalized spacial score (nSPS) is 16.7. The van der Waals surface area contributed by atoms with E-state index >= 15 is 0 Å². The molecule has 54 heavy (non-hydrogen) atoms. The fourth-order valence-corrected chi connectivity index (χ4v) is 9.56. The van der Waals surface area contributed by atoms with E-state index in [2.05, 4.69) is 127 Å². The first-order valence-electron chi connectivity index (χ1n) is 18.7. The van der Waals surface area contributed by atoms with Crippen LogP contribution in [-0.4, -0.2) is 15.0 Å². The van der Waals surface area contributed by atoms with Gasteiger partial charge in [0.25, 0.3) is 0 Å². The Bertz CT molecular complexity index is 3110. The number of nitrogens with zero attached hydrogens (tertiary/aromatic N) is 3. The lowest BCUT2D eigenvalue weighted by Crippen LogP contribution is -2.32. The Balaban J connectivity index is 1.11. The van der Waals surface area contributed by atoms with E-state index in [9.17, 15) is 0 Å². The van der Waals surface area contributed by atoms with Gasteiger partial charge < -0.3 is 4.42 Å². The molecule has 0 radical (unpaired) electrons. The molecule has 4 nitrogen and oxygen atoms in total. The number of rotatable bonds is 3. The van der Waals surface area contributed by atoms with Crippen LogP contribution in [0.2, 0.25) is 0 Å². The molecule has 0 bridgehead atoms. The summed E-state index contributed by atoms with van der Waals surface area (Å²) in [7, 11) is 0. The highest BCUT2D eigenvalue weighted by atomic mass is 16.3. The van der Waals surface area contributed by atoms with Gasteiger partial charge in [-0.2, -0.15) is 0 Å². The van der Waals surface area contributed by atoms with Crippen molar-refractivity contribution in [1.29, 1.82) is 0 Å². The molecular formula is C50H31N3O. The summed E-state index contributed by atoms with van der Waals surface area (Å²) in [6.07, 6.45) is 6.81. The third kappa shape index (κ3) is 4.00. The average Bonchev–Trinajstić information content (AvgIpc) is 3.76. The zero-order valence-electron chi connectivity index (χ0n) is 29.3. The predicted octanol–water partition coefficient (Wildman–Crippen LogP) is 12.4. The minimum atomic E-state index is -0.480. The van der Waals surface area contributed by atoms with Gasteiger partial charge in [0.2, 0.25) is 0 Å². The molecule has 0 amide bonds. The third-order valence-corrected chi connectivity index (χ3v) is 11.8. The molecule has 0 saturated heterocycles. The Hall–Kier alpha value is -6.91. The fraction of sp³-hybridized carbons (Fsp3) is 0.0600. The van der Waals surface area contributed by atoms with Crippen LogP contribution in [0.1, 0.15) is 35.1 Å². The molecule has 3 aliphatic carbocycles. The van der Waals surface area contributed by atoms with E-state index in [0.717, 1.165) is 51.5 Å². The van der Waals surface area contributed by atoms with Crippen LogP contribution in [-0.2, 0) is 5.41 Å².